The molecule has 0 aromatic heterocycles. The van der Waals surface area contributed by atoms with Gasteiger partial charge in [0, 0.05) is 10.7 Å². The number of hydrogen-bond donors (Lipinski definition) is 0. The van der Waals surface area contributed by atoms with Crippen molar-refractivity contribution in [3.8, 4) is 0 Å². The molecule has 0 aliphatic rings. The van der Waals surface area contributed by atoms with Crippen molar-refractivity contribution in [1.82, 2.24) is 0 Å². The van der Waals surface area contributed by atoms with Crippen molar-refractivity contribution in [2.75, 3.05) is 0 Å². The summed E-state index contributed by atoms with van der Waals surface area (Å²) in [5.41, 5.74) is -1.39. The molecule has 1 rings (SSSR count). The molecule has 1 aromatic rings. The van der Waals surface area contributed by atoms with Gasteiger partial charge in [0.2, 0.25) is 0 Å². The van der Waals surface area contributed by atoms with Gasteiger partial charge in [-0.1, -0.05) is 11.6 Å². The van der Waals surface area contributed by atoms with Crippen molar-refractivity contribution >= 4 is 31.3 Å². The normalized spacial score (nSPS) is 12.9. The first-order chi connectivity index (χ1) is 7.03. The molecule has 0 saturated heterocycles. The zero-order chi connectivity index (χ0) is 12.7. The van der Waals surface area contributed by atoms with Gasteiger partial charge in [0.15, 0.2) is 5.82 Å². The fourth-order valence-corrected chi connectivity index (χ4v) is 2.11. The van der Waals surface area contributed by atoms with Gasteiger partial charge in [-0.15, -0.1) is 0 Å². The first-order valence-corrected chi connectivity index (χ1v) is 6.23. The van der Waals surface area contributed by atoms with Crippen LogP contribution in [0.1, 0.15) is 5.56 Å². The predicted molar refractivity (Wildman–Crippen MR) is 49.5 cm³/mol. The fraction of sp³-hybridized carbons (Fsp3) is 0.143. The molecule has 16 heavy (non-hydrogen) atoms. The third-order valence-corrected chi connectivity index (χ3v) is 3.18. The van der Waals surface area contributed by atoms with E-state index in [0.717, 1.165) is 0 Å². The lowest BCUT2D eigenvalue weighted by atomic mass is 10.2. The van der Waals surface area contributed by atoms with Crippen LogP contribution in [0.15, 0.2) is 17.0 Å². The summed E-state index contributed by atoms with van der Waals surface area (Å²) in [5.74, 6) is -1.51. The van der Waals surface area contributed by atoms with Gasteiger partial charge in [0.1, 0.15) is 4.90 Å². The minimum atomic E-state index is -4.84. The molecule has 0 amide bonds. The largest absolute Gasteiger partial charge is 0.416 e. The molecule has 1 aromatic carbocycles. The molecule has 0 unspecified atom stereocenters. The quantitative estimate of drug-likeness (QED) is 0.588. The van der Waals surface area contributed by atoms with E-state index in [1.165, 1.54) is 0 Å². The summed E-state index contributed by atoms with van der Waals surface area (Å²) in [6, 6.07) is 0.367. The Hall–Kier alpha value is -0.530. The Bertz CT molecular complexity index is 524. The van der Waals surface area contributed by atoms with Crippen LogP contribution in [0.4, 0.5) is 17.6 Å². The molecule has 0 fully saturated rings. The first kappa shape index (κ1) is 13.5. The standard InChI is InChI=1S/C7H2Cl2F4O2S/c8-4-1-3(7(11,12)13)2-5(6(4)10)16(9,14)15/h1-2H. The van der Waals surface area contributed by atoms with Gasteiger partial charge in [-0.2, -0.15) is 13.2 Å². The third kappa shape index (κ3) is 2.78. The number of rotatable bonds is 1. The molecule has 0 saturated carbocycles. The topological polar surface area (TPSA) is 34.1 Å². The summed E-state index contributed by atoms with van der Waals surface area (Å²) in [7, 11) is 0.138. The maximum Gasteiger partial charge on any atom is 0.416 e. The van der Waals surface area contributed by atoms with E-state index in [1.807, 2.05) is 0 Å². The highest BCUT2D eigenvalue weighted by Crippen LogP contribution is 2.35. The summed E-state index contributed by atoms with van der Waals surface area (Å²) in [5, 5.41) is -0.964. The zero-order valence-electron chi connectivity index (χ0n) is 7.15. The van der Waals surface area contributed by atoms with Crippen molar-refractivity contribution < 1.29 is 26.0 Å². The molecule has 0 spiro atoms. The van der Waals surface area contributed by atoms with Crippen LogP contribution in [0.2, 0.25) is 5.02 Å². The second-order valence-electron chi connectivity index (χ2n) is 2.71. The average molecular weight is 297 g/mol. The molecular weight excluding hydrogens is 295 g/mol. The Morgan fingerprint density at radius 2 is 1.69 bits per heavy atom. The average Bonchev–Trinajstić information content (AvgIpc) is 2.05. The van der Waals surface area contributed by atoms with E-state index >= 15 is 0 Å². The Labute approximate surface area is 97.2 Å². The van der Waals surface area contributed by atoms with Crippen LogP contribution >= 0.6 is 22.3 Å². The van der Waals surface area contributed by atoms with E-state index in [4.69, 9.17) is 22.3 Å². The lowest BCUT2D eigenvalue weighted by molar-refractivity contribution is -0.137. The van der Waals surface area contributed by atoms with E-state index in [-0.39, 0.29) is 12.1 Å². The van der Waals surface area contributed by atoms with Crippen LogP contribution in [-0.4, -0.2) is 8.42 Å². The number of alkyl halides is 3. The fourth-order valence-electron chi connectivity index (χ4n) is 0.905. The van der Waals surface area contributed by atoms with Crippen LogP contribution in [0.5, 0.6) is 0 Å². The molecule has 0 atom stereocenters. The van der Waals surface area contributed by atoms with Crippen LogP contribution in [-0.2, 0) is 15.2 Å². The molecule has 0 N–H and O–H groups in total. The maximum atomic E-state index is 13.1. The molecule has 0 aliphatic carbocycles. The zero-order valence-corrected chi connectivity index (χ0v) is 9.48. The van der Waals surface area contributed by atoms with Crippen molar-refractivity contribution in [2.45, 2.75) is 11.1 Å². The van der Waals surface area contributed by atoms with E-state index in [1.54, 1.807) is 0 Å². The Balaban J connectivity index is 3.59. The van der Waals surface area contributed by atoms with Gasteiger partial charge in [0.25, 0.3) is 9.05 Å². The molecular formula is C7H2Cl2F4O2S. The lowest BCUT2D eigenvalue weighted by Crippen LogP contribution is -2.08. The Kier molecular flexibility index (Phi) is 3.42. The van der Waals surface area contributed by atoms with Gasteiger partial charge in [0.05, 0.1) is 10.6 Å². The van der Waals surface area contributed by atoms with Gasteiger partial charge >= 0.3 is 6.18 Å². The summed E-state index contributed by atoms with van der Waals surface area (Å²) >= 11 is 5.13. The second-order valence-corrected chi connectivity index (χ2v) is 5.65. The smallest absolute Gasteiger partial charge is 0.207 e. The monoisotopic (exact) mass is 296 g/mol. The van der Waals surface area contributed by atoms with Crippen LogP contribution < -0.4 is 0 Å². The van der Waals surface area contributed by atoms with Crippen LogP contribution in [0, 0.1) is 5.82 Å². The highest BCUT2D eigenvalue weighted by atomic mass is 35.7. The SMILES string of the molecule is O=S(=O)(Cl)c1cc(C(F)(F)F)cc(Cl)c1F. The third-order valence-electron chi connectivity index (χ3n) is 1.58. The Morgan fingerprint density at radius 3 is 2.06 bits per heavy atom. The van der Waals surface area contributed by atoms with Gasteiger partial charge in [-0.05, 0) is 12.1 Å². The van der Waals surface area contributed by atoms with Gasteiger partial charge in [-0.25, -0.2) is 12.8 Å². The predicted octanol–water partition coefficient (Wildman–Crippen LogP) is 3.43. The van der Waals surface area contributed by atoms with Crippen molar-refractivity contribution in [1.29, 1.82) is 0 Å². The summed E-state index contributed by atoms with van der Waals surface area (Å²) in [6.07, 6.45) is -4.84. The van der Waals surface area contributed by atoms with E-state index in [2.05, 4.69) is 0 Å². The molecule has 9 heteroatoms. The van der Waals surface area contributed by atoms with Gasteiger partial charge < -0.3 is 0 Å². The Morgan fingerprint density at radius 1 is 1.19 bits per heavy atom. The number of benzene rings is 1. The summed E-state index contributed by atoms with van der Waals surface area (Å²) in [6.45, 7) is 0. The maximum absolute atomic E-state index is 13.1. The molecule has 0 radical (unpaired) electrons. The van der Waals surface area contributed by atoms with E-state index in [9.17, 15) is 26.0 Å². The number of hydrogen-bond acceptors (Lipinski definition) is 2. The minimum Gasteiger partial charge on any atom is -0.207 e. The van der Waals surface area contributed by atoms with E-state index in [0.29, 0.717) is 0 Å². The van der Waals surface area contributed by atoms with Crippen molar-refractivity contribution in [3.63, 3.8) is 0 Å². The van der Waals surface area contributed by atoms with Crippen molar-refractivity contribution in [3.05, 3.63) is 28.5 Å². The molecule has 0 heterocycles. The van der Waals surface area contributed by atoms with Crippen LogP contribution in [0.3, 0.4) is 0 Å². The summed E-state index contributed by atoms with van der Waals surface area (Å²) < 4.78 is 71.4. The first-order valence-electron chi connectivity index (χ1n) is 3.54. The molecule has 90 valence electrons. The van der Waals surface area contributed by atoms with Crippen LogP contribution in [0.25, 0.3) is 0 Å². The highest BCUT2D eigenvalue weighted by Gasteiger charge is 2.34. The number of halogens is 6. The summed E-state index contributed by atoms with van der Waals surface area (Å²) in [4.78, 5) is -1.30. The second kappa shape index (κ2) is 4.05. The van der Waals surface area contributed by atoms with Crippen molar-refractivity contribution in [2.24, 2.45) is 0 Å². The lowest BCUT2D eigenvalue weighted by Gasteiger charge is -2.09. The van der Waals surface area contributed by atoms with Gasteiger partial charge in [-0.3, -0.25) is 0 Å². The molecule has 0 bridgehead atoms. The molecule has 0 aliphatic heterocycles. The minimum absolute atomic E-state index is 0.0869. The highest BCUT2D eigenvalue weighted by molar-refractivity contribution is 8.13. The van der Waals surface area contributed by atoms with E-state index < -0.39 is 36.5 Å². The molecule has 2 nitrogen and oxygen atoms in total.